The lowest BCUT2D eigenvalue weighted by Crippen LogP contribution is -2.51. The molecule has 1 N–H and O–H groups in total. The third-order valence-corrected chi connectivity index (χ3v) is 8.18. The molecular formula is C33H29F3N8O2. The van der Waals surface area contributed by atoms with Crippen molar-refractivity contribution >= 4 is 27.8 Å². The maximum Gasteiger partial charge on any atom is 0.449 e. The van der Waals surface area contributed by atoms with E-state index in [9.17, 15) is 18.0 Å². The van der Waals surface area contributed by atoms with E-state index in [4.69, 9.17) is 4.74 Å². The van der Waals surface area contributed by atoms with Crippen LogP contribution in [0.3, 0.4) is 0 Å². The number of nitrogens with one attached hydrogen (secondary N) is 1. The lowest BCUT2D eigenvalue weighted by Gasteiger charge is -2.40. The monoisotopic (exact) mass is 626 g/mol. The summed E-state index contributed by atoms with van der Waals surface area (Å²) in [4.78, 5) is 38.7. The predicted molar refractivity (Wildman–Crippen MR) is 165 cm³/mol. The minimum atomic E-state index is -4.73. The van der Waals surface area contributed by atoms with Gasteiger partial charge < -0.3 is 19.2 Å². The standard InChI is InChI=1S/C33H29F3N8O2/c1-46-31-23(16-21-8-2-3-10-24(21)40-31)26-17-38-30(39-26)28-19-42(18-22-9-6-7-13-37-22)14-15-43(28)29(45)20-44-27-12-5-4-11-25(27)41-32(44)33(34,35)36/h2-13,16-17,28H,14-15,18-20H2,1H3,(H,38,39)/t28-/m0/s1. The van der Waals surface area contributed by atoms with Gasteiger partial charge >= 0.3 is 6.18 Å². The lowest BCUT2D eigenvalue weighted by molar-refractivity contribution is -0.148. The Morgan fingerprint density at radius 3 is 2.54 bits per heavy atom. The molecule has 0 saturated carbocycles. The van der Waals surface area contributed by atoms with E-state index < -0.39 is 30.5 Å². The second kappa shape index (κ2) is 11.9. The third-order valence-electron chi connectivity index (χ3n) is 8.18. The van der Waals surface area contributed by atoms with Gasteiger partial charge in [-0.1, -0.05) is 36.4 Å². The first kappa shape index (κ1) is 29.4. The molecule has 0 bridgehead atoms. The first-order chi connectivity index (χ1) is 22.3. The zero-order chi connectivity index (χ0) is 31.8. The first-order valence-corrected chi connectivity index (χ1v) is 14.7. The Morgan fingerprint density at radius 1 is 0.978 bits per heavy atom. The number of pyridine rings is 2. The van der Waals surface area contributed by atoms with Gasteiger partial charge in [-0.3, -0.25) is 14.7 Å². The van der Waals surface area contributed by atoms with Gasteiger partial charge in [0.05, 0.1) is 46.8 Å². The molecule has 1 aliphatic rings. The van der Waals surface area contributed by atoms with Gasteiger partial charge in [0.15, 0.2) is 0 Å². The summed E-state index contributed by atoms with van der Waals surface area (Å²) >= 11 is 0. The Hall–Kier alpha value is -5.30. The van der Waals surface area contributed by atoms with Crippen LogP contribution in [0.2, 0.25) is 0 Å². The number of aromatic nitrogens is 6. The second-order valence-corrected chi connectivity index (χ2v) is 11.1. The van der Waals surface area contributed by atoms with Crippen molar-refractivity contribution in [1.82, 2.24) is 39.3 Å². The van der Waals surface area contributed by atoms with Gasteiger partial charge in [0.1, 0.15) is 18.4 Å². The molecule has 1 fully saturated rings. The number of H-pyrrole nitrogens is 1. The fourth-order valence-corrected chi connectivity index (χ4v) is 6.00. The van der Waals surface area contributed by atoms with Gasteiger partial charge in [0, 0.05) is 37.8 Å². The van der Waals surface area contributed by atoms with E-state index in [-0.39, 0.29) is 17.6 Å². The Kier molecular flexibility index (Phi) is 7.61. The minimum Gasteiger partial charge on any atom is -0.480 e. The maximum atomic E-state index is 14.1. The van der Waals surface area contributed by atoms with Gasteiger partial charge in [-0.05, 0) is 36.4 Å². The van der Waals surface area contributed by atoms with Gasteiger partial charge in [-0.25, -0.2) is 15.0 Å². The van der Waals surface area contributed by atoms with E-state index in [1.165, 1.54) is 12.1 Å². The van der Waals surface area contributed by atoms with Crippen molar-refractivity contribution in [3.8, 4) is 17.1 Å². The second-order valence-electron chi connectivity index (χ2n) is 11.1. The summed E-state index contributed by atoms with van der Waals surface area (Å²) in [6, 6.07) is 21.0. The van der Waals surface area contributed by atoms with Gasteiger partial charge in [0.25, 0.3) is 0 Å². The number of hydrogen-bond acceptors (Lipinski definition) is 7. The number of fused-ring (bicyclic) bond motifs is 2. The topological polar surface area (TPSA) is 105 Å². The normalized spacial score (nSPS) is 15.9. The van der Waals surface area contributed by atoms with Crippen LogP contribution in [-0.2, 0) is 24.1 Å². The summed E-state index contributed by atoms with van der Waals surface area (Å²) in [6.07, 6.45) is -1.35. The molecule has 46 heavy (non-hydrogen) atoms. The predicted octanol–water partition coefficient (Wildman–Crippen LogP) is 5.48. The molecule has 10 nitrogen and oxygen atoms in total. The number of piperazine rings is 1. The number of methoxy groups -OCH3 is 1. The number of hydrogen-bond donors (Lipinski definition) is 1. The Bertz CT molecular complexity index is 2020. The van der Waals surface area contributed by atoms with E-state index in [0.717, 1.165) is 21.2 Å². The van der Waals surface area contributed by atoms with Gasteiger partial charge in [-0.2, -0.15) is 13.2 Å². The maximum absolute atomic E-state index is 14.1. The lowest BCUT2D eigenvalue weighted by atomic mass is 10.1. The Balaban J connectivity index is 1.24. The number of amides is 1. The first-order valence-electron chi connectivity index (χ1n) is 14.7. The molecule has 6 aromatic rings. The highest BCUT2D eigenvalue weighted by Gasteiger charge is 2.40. The third kappa shape index (κ3) is 5.65. The van der Waals surface area contributed by atoms with E-state index in [1.54, 1.807) is 36.5 Å². The number of halogens is 3. The molecule has 13 heteroatoms. The number of aromatic amines is 1. The van der Waals surface area contributed by atoms with Crippen LogP contribution in [0.25, 0.3) is 33.2 Å². The summed E-state index contributed by atoms with van der Waals surface area (Å²) in [6.45, 7) is 1.19. The van der Waals surface area contributed by atoms with Crippen LogP contribution in [0.4, 0.5) is 13.2 Å². The van der Waals surface area contributed by atoms with Crippen molar-refractivity contribution in [2.75, 3.05) is 26.7 Å². The number of rotatable bonds is 7. The summed E-state index contributed by atoms with van der Waals surface area (Å²) in [5, 5.41) is 0.915. The van der Waals surface area contributed by atoms with Crippen LogP contribution in [-0.4, -0.2) is 71.9 Å². The van der Waals surface area contributed by atoms with Gasteiger partial charge in [-0.15, -0.1) is 0 Å². The largest absolute Gasteiger partial charge is 0.480 e. The number of carbonyl (C=O) groups is 1. The van der Waals surface area contributed by atoms with Crippen LogP contribution >= 0.6 is 0 Å². The molecule has 1 atom stereocenters. The summed E-state index contributed by atoms with van der Waals surface area (Å²) in [5.74, 6) is -0.674. The molecule has 0 radical (unpaired) electrons. The van der Waals surface area contributed by atoms with Crippen LogP contribution < -0.4 is 4.74 Å². The van der Waals surface area contributed by atoms with Gasteiger partial charge in [0.2, 0.25) is 17.6 Å². The van der Waals surface area contributed by atoms with E-state index in [1.807, 2.05) is 48.5 Å². The quantitative estimate of drug-likeness (QED) is 0.250. The van der Waals surface area contributed by atoms with E-state index >= 15 is 0 Å². The molecule has 234 valence electrons. The molecule has 1 saturated heterocycles. The van der Waals surface area contributed by atoms with Crippen molar-refractivity contribution in [3.05, 3.63) is 103 Å². The summed E-state index contributed by atoms with van der Waals surface area (Å²) in [5.41, 5.74) is 3.39. The number of nitrogens with zero attached hydrogens (tertiary/aromatic N) is 7. The molecule has 0 unspecified atom stereocenters. The number of alkyl halides is 3. The van der Waals surface area contributed by atoms with Crippen molar-refractivity contribution in [1.29, 1.82) is 0 Å². The number of ether oxygens (including phenoxy) is 1. The Labute approximate surface area is 261 Å². The van der Waals surface area contributed by atoms with Crippen molar-refractivity contribution in [3.63, 3.8) is 0 Å². The fraction of sp³-hybridized carbons (Fsp3) is 0.242. The molecule has 0 aliphatic carbocycles. The van der Waals surface area contributed by atoms with Crippen molar-refractivity contribution < 1.29 is 22.7 Å². The molecule has 7 rings (SSSR count). The molecule has 0 spiro atoms. The number of para-hydroxylation sites is 3. The van der Waals surface area contributed by atoms with E-state index in [0.29, 0.717) is 42.6 Å². The molecule has 2 aromatic carbocycles. The highest BCUT2D eigenvalue weighted by atomic mass is 19.4. The highest BCUT2D eigenvalue weighted by molar-refractivity contribution is 5.85. The molecule has 1 amide bonds. The average Bonchev–Trinajstić information content (AvgIpc) is 3.70. The summed E-state index contributed by atoms with van der Waals surface area (Å²) in [7, 11) is 1.55. The fourth-order valence-electron chi connectivity index (χ4n) is 6.00. The zero-order valence-electron chi connectivity index (χ0n) is 24.8. The van der Waals surface area contributed by atoms with Crippen LogP contribution in [0.15, 0.2) is 85.2 Å². The van der Waals surface area contributed by atoms with E-state index in [2.05, 4.69) is 29.8 Å². The van der Waals surface area contributed by atoms with Crippen molar-refractivity contribution in [2.45, 2.75) is 25.3 Å². The molecular weight excluding hydrogens is 597 g/mol. The SMILES string of the molecule is COc1nc2ccccc2cc1-c1cnc([C@@H]2CN(Cc3ccccn3)CCN2C(=O)Cn2c(C(F)(F)F)nc3ccccc32)[nH]1. The van der Waals surface area contributed by atoms with Crippen LogP contribution in [0.1, 0.15) is 23.4 Å². The number of imidazole rings is 2. The minimum absolute atomic E-state index is 0.174. The molecule has 1 aliphatic heterocycles. The number of carbonyl (C=O) groups excluding carboxylic acids is 1. The average molecular weight is 627 g/mol. The smallest absolute Gasteiger partial charge is 0.449 e. The molecule has 4 aromatic heterocycles. The number of benzene rings is 2. The zero-order valence-corrected chi connectivity index (χ0v) is 24.8. The summed E-state index contributed by atoms with van der Waals surface area (Å²) < 4.78 is 48.7. The van der Waals surface area contributed by atoms with Crippen LogP contribution in [0, 0.1) is 0 Å². The highest BCUT2D eigenvalue weighted by Crippen LogP contribution is 2.34. The molecule has 5 heterocycles. The Morgan fingerprint density at radius 2 is 1.76 bits per heavy atom. The van der Waals surface area contributed by atoms with Crippen molar-refractivity contribution in [2.24, 2.45) is 0 Å². The van der Waals surface area contributed by atoms with Crippen LogP contribution in [0.5, 0.6) is 5.88 Å².